The van der Waals surface area contributed by atoms with Gasteiger partial charge in [-0.05, 0) is 24.1 Å². The number of amides is 3. The predicted octanol–water partition coefficient (Wildman–Crippen LogP) is 1.48. The number of carbonyl (C=O) groups excluding carboxylic acids is 2. The summed E-state index contributed by atoms with van der Waals surface area (Å²) in [5.74, 6) is 0.496. The lowest BCUT2D eigenvalue weighted by Gasteiger charge is -2.25. The topological polar surface area (TPSA) is 58.6 Å². The van der Waals surface area contributed by atoms with Crippen LogP contribution in [0.25, 0.3) is 0 Å². The van der Waals surface area contributed by atoms with Crippen molar-refractivity contribution in [3.05, 3.63) is 29.8 Å². The molecule has 0 bridgehead atoms. The fourth-order valence-electron chi connectivity index (χ4n) is 2.21. The van der Waals surface area contributed by atoms with Crippen molar-refractivity contribution in [3.8, 4) is 5.75 Å². The molecule has 2 rings (SSSR count). The lowest BCUT2D eigenvalue weighted by Crippen LogP contribution is -2.43. The van der Waals surface area contributed by atoms with Gasteiger partial charge in [0.05, 0.1) is 7.11 Å². The van der Waals surface area contributed by atoms with Gasteiger partial charge >= 0.3 is 6.03 Å². The molecule has 1 aliphatic rings. The summed E-state index contributed by atoms with van der Waals surface area (Å²) in [5, 5.41) is 2.77. The van der Waals surface area contributed by atoms with Gasteiger partial charge in [0.15, 0.2) is 0 Å². The third-order valence-electron chi connectivity index (χ3n) is 3.41. The normalized spacial score (nSPS) is 23.2. The number of nitrogens with one attached hydrogen (secondary N) is 1. The van der Waals surface area contributed by atoms with Gasteiger partial charge in [-0.1, -0.05) is 19.1 Å². The fourth-order valence-corrected chi connectivity index (χ4v) is 2.21. The molecule has 3 amide bonds. The van der Waals surface area contributed by atoms with E-state index in [0.29, 0.717) is 6.42 Å². The Hall–Kier alpha value is -2.04. The number of urea groups is 1. The highest BCUT2D eigenvalue weighted by atomic mass is 16.5. The zero-order chi connectivity index (χ0) is 13.3. The zero-order valence-electron chi connectivity index (χ0n) is 10.7. The Morgan fingerprint density at radius 2 is 1.89 bits per heavy atom. The first-order chi connectivity index (χ1) is 8.55. The van der Waals surface area contributed by atoms with Gasteiger partial charge in [-0.25, -0.2) is 4.79 Å². The molecule has 1 heterocycles. The fraction of sp³-hybridized carbons (Fsp3) is 0.385. The third-order valence-corrected chi connectivity index (χ3v) is 3.41. The number of likely N-dealkylation sites (N-methyl/N-ethyl adjacent to an activating group) is 1. The van der Waals surface area contributed by atoms with Crippen LogP contribution in [0.5, 0.6) is 5.75 Å². The van der Waals surface area contributed by atoms with Crippen LogP contribution in [0.3, 0.4) is 0 Å². The Labute approximate surface area is 106 Å². The minimum atomic E-state index is -0.946. The van der Waals surface area contributed by atoms with Gasteiger partial charge in [0, 0.05) is 7.05 Å². The molecule has 1 fully saturated rings. The van der Waals surface area contributed by atoms with Crippen molar-refractivity contribution in [2.45, 2.75) is 18.9 Å². The summed E-state index contributed by atoms with van der Waals surface area (Å²) in [6.45, 7) is 1.88. The molecule has 5 heteroatoms. The molecule has 1 aromatic carbocycles. The van der Waals surface area contributed by atoms with Crippen molar-refractivity contribution < 1.29 is 14.3 Å². The van der Waals surface area contributed by atoms with E-state index in [2.05, 4.69) is 5.32 Å². The summed E-state index contributed by atoms with van der Waals surface area (Å²) >= 11 is 0. The van der Waals surface area contributed by atoms with Crippen molar-refractivity contribution in [1.82, 2.24) is 10.2 Å². The van der Waals surface area contributed by atoms with Crippen molar-refractivity contribution >= 4 is 11.9 Å². The lowest BCUT2D eigenvalue weighted by molar-refractivity contribution is -0.130. The van der Waals surface area contributed by atoms with Gasteiger partial charge in [0.1, 0.15) is 11.3 Å². The predicted molar refractivity (Wildman–Crippen MR) is 66.3 cm³/mol. The smallest absolute Gasteiger partial charge is 0.325 e. The average molecular weight is 248 g/mol. The number of hydrogen-bond acceptors (Lipinski definition) is 3. The third kappa shape index (κ3) is 1.63. The van der Waals surface area contributed by atoms with Crippen LogP contribution >= 0.6 is 0 Å². The molecule has 5 nitrogen and oxygen atoms in total. The van der Waals surface area contributed by atoms with Crippen LogP contribution in [0.2, 0.25) is 0 Å². The number of benzene rings is 1. The molecule has 1 aliphatic heterocycles. The molecule has 1 atom stereocenters. The minimum absolute atomic E-state index is 0.222. The minimum Gasteiger partial charge on any atom is -0.497 e. The van der Waals surface area contributed by atoms with E-state index in [1.807, 2.05) is 6.92 Å². The van der Waals surface area contributed by atoms with Gasteiger partial charge in [0.2, 0.25) is 0 Å². The van der Waals surface area contributed by atoms with E-state index in [-0.39, 0.29) is 11.9 Å². The van der Waals surface area contributed by atoms with E-state index in [1.54, 1.807) is 31.4 Å². The largest absolute Gasteiger partial charge is 0.497 e. The van der Waals surface area contributed by atoms with E-state index in [1.165, 1.54) is 7.05 Å². The molecule has 96 valence electrons. The second-order valence-corrected chi connectivity index (χ2v) is 4.28. The Balaban J connectivity index is 2.44. The Bertz CT molecular complexity index is 484. The molecule has 0 unspecified atom stereocenters. The Morgan fingerprint density at radius 1 is 1.28 bits per heavy atom. The first kappa shape index (κ1) is 12.4. The van der Waals surface area contributed by atoms with Crippen molar-refractivity contribution in [3.63, 3.8) is 0 Å². The highest BCUT2D eigenvalue weighted by Crippen LogP contribution is 2.32. The number of hydrogen-bond donors (Lipinski definition) is 1. The number of methoxy groups -OCH3 is 1. The van der Waals surface area contributed by atoms with E-state index in [0.717, 1.165) is 16.2 Å². The molecule has 1 aromatic rings. The molecular formula is C13H16N2O3. The molecule has 0 aromatic heterocycles. The second-order valence-electron chi connectivity index (χ2n) is 4.28. The molecule has 0 radical (unpaired) electrons. The monoisotopic (exact) mass is 248 g/mol. The van der Waals surface area contributed by atoms with Gasteiger partial charge < -0.3 is 10.1 Å². The summed E-state index contributed by atoms with van der Waals surface area (Å²) in [4.78, 5) is 25.0. The maximum absolute atomic E-state index is 12.2. The van der Waals surface area contributed by atoms with E-state index >= 15 is 0 Å². The number of carbonyl (C=O) groups is 2. The summed E-state index contributed by atoms with van der Waals surface area (Å²) in [6.07, 6.45) is 0.508. The van der Waals surface area contributed by atoms with Crippen LogP contribution in [0.4, 0.5) is 4.79 Å². The summed E-state index contributed by atoms with van der Waals surface area (Å²) in [5.41, 5.74) is -0.175. The molecular weight excluding hydrogens is 232 g/mol. The molecule has 18 heavy (non-hydrogen) atoms. The second kappa shape index (κ2) is 4.33. The molecule has 0 aliphatic carbocycles. The summed E-state index contributed by atoms with van der Waals surface area (Å²) in [6, 6.07) is 6.81. The molecule has 1 saturated heterocycles. The number of imide groups is 1. The van der Waals surface area contributed by atoms with Gasteiger partial charge in [-0.15, -0.1) is 0 Å². The van der Waals surface area contributed by atoms with Crippen LogP contribution in [0, 0.1) is 0 Å². The van der Waals surface area contributed by atoms with Crippen LogP contribution in [-0.4, -0.2) is 31.0 Å². The molecule has 0 spiro atoms. The highest BCUT2D eigenvalue weighted by molar-refractivity contribution is 6.07. The first-order valence-electron chi connectivity index (χ1n) is 5.80. The van der Waals surface area contributed by atoms with Crippen molar-refractivity contribution in [2.75, 3.05) is 14.2 Å². The first-order valence-corrected chi connectivity index (χ1v) is 5.80. The van der Waals surface area contributed by atoms with Crippen molar-refractivity contribution in [1.29, 1.82) is 0 Å². The van der Waals surface area contributed by atoms with Crippen LogP contribution < -0.4 is 10.1 Å². The van der Waals surface area contributed by atoms with Crippen molar-refractivity contribution in [2.24, 2.45) is 0 Å². The maximum atomic E-state index is 12.2. The van der Waals surface area contributed by atoms with Crippen LogP contribution in [-0.2, 0) is 10.3 Å². The molecule has 1 N–H and O–H groups in total. The average Bonchev–Trinajstić information content (AvgIpc) is 2.64. The Morgan fingerprint density at radius 3 is 2.28 bits per heavy atom. The number of nitrogens with zero attached hydrogens (tertiary/aromatic N) is 1. The summed E-state index contributed by atoms with van der Waals surface area (Å²) in [7, 11) is 3.07. The van der Waals surface area contributed by atoms with Crippen LogP contribution in [0.1, 0.15) is 18.9 Å². The number of rotatable bonds is 3. The van der Waals surface area contributed by atoms with E-state index < -0.39 is 5.54 Å². The quantitative estimate of drug-likeness (QED) is 0.824. The van der Waals surface area contributed by atoms with E-state index in [9.17, 15) is 9.59 Å². The molecule has 0 saturated carbocycles. The summed E-state index contributed by atoms with van der Waals surface area (Å²) < 4.78 is 5.08. The van der Waals surface area contributed by atoms with E-state index in [4.69, 9.17) is 4.74 Å². The van der Waals surface area contributed by atoms with Crippen LogP contribution in [0.15, 0.2) is 24.3 Å². The van der Waals surface area contributed by atoms with Gasteiger partial charge in [-0.2, -0.15) is 0 Å². The zero-order valence-corrected chi connectivity index (χ0v) is 10.7. The van der Waals surface area contributed by atoms with Gasteiger partial charge in [0.25, 0.3) is 5.91 Å². The standard InChI is InChI=1S/C13H16N2O3/c1-4-13(11(16)15(2)12(17)14-13)9-5-7-10(18-3)8-6-9/h5-8H,4H2,1-3H3,(H,14,17)/t13-/m1/s1. The number of ether oxygens (including phenoxy) is 1. The lowest BCUT2D eigenvalue weighted by atomic mass is 9.87. The Kier molecular flexibility index (Phi) is 2.98. The van der Waals surface area contributed by atoms with Gasteiger partial charge in [-0.3, -0.25) is 9.69 Å². The highest BCUT2D eigenvalue weighted by Gasteiger charge is 2.49. The SMILES string of the molecule is CC[C@]1(c2ccc(OC)cc2)NC(=O)N(C)C1=O. The maximum Gasteiger partial charge on any atom is 0.325 e.